The Hall–Kier alpha value is -1.32. The van der Waals surface area contributed by atoms with Gasteiger partial charge in [0, 0.05) is 19.3 Å². The predicted molar refractivity (Wildman–Crippen MR) is 64.4 cm³/mol. The first-order valence-corrected chi connectivity index (χ1v) is 6.01. The topological polar surface area (TPSA) is 17.1 Å². The number of alkyl halides is 3. The highest BCUT2D eigenvalue weighted by molar-refractivity contribution is 5.78. The Bertz CT molecular complexity index is 379. The van der Waals surface area contributed by atoms with Crippen molar-refractivity contribution in [3.8, 4) is 0 Å². The summed E-state index contributed by atoms with van der Waals surface area (Å²) in [5.41, 5.74) is 2.19. The van der Waals surface area contributed by atoms with Crippen molar-refractivity contribution < 1.29 is 18.0 Å². The average molecular weight is 258 g/mol. The Morgan fingerprint density at radius 2 is 1.72 bits per heavy atom. The maximum Gasteiger partial charge on any atom is 0.389 e. The molecule has 1 aromatic carbocycles. The zero-order valence-corrected chi connectivity index (χ0v) is 10.4. The number of hydrogen-bond donors (Lipinski definition) is 0. The first kappa shape index (κ1) is 14.7. The Balaban J connectivity index is 2.23. The van der Waals surface area contributed by atoms with E-state index in [1.165, 1.54) is 0 Å². The minimum Gasteiger partial charge on any atom is -0.300 e. The molecule has 0 fully saturated rings. The highest BCUT2D eigenvalue weighted by atomic mass is 19.4. The number of carbonyl (C=O) groups excluding carboxylic acids is 1. The third kappa shape index (κ3) is 6.42. The maximum atomic E-state index is 11.9. The Labute approximate surface area is 105 Å². The highest BCUT2D eigenvalue weighted by Crippen LogP contribution is 2.22. The molecule has 0 aromatic heterocycles. The summed E-state index contributed by atoms with van der Waals surface area (Å²) in [5.74, 6) is -0.0974. The first-order chi connectivity index (χ1) is 8.37. The van der Waals surface area contributed by atoms with E-state index in [0.29, 0.717) is 12.8 Å². The number of benzene rings is 1. The van der Waals surface area contributed by atoms with E-state index in [1.807, 2.05) is 31.2 Å². The molecule has 0 amide bonds. The van der Waals surface area contributed by atoms with Gasteiger partial charge in [-0.05, 0) is 25.3 Å². The van der Waals surface area contributed by atoms with Gasteiger partial charge < -0.3 is 0 Å². The van der Waals surface area contributed by atoms with Gasteiger partial charge in [-0.25, -0.2) is 0 Å². The lowest BCUT2D eigenvalue weighted by Crippen LogP contribution is -2.08. The lowest BCUT2D eigenvalue weighted by Gasteiger charge is -2.05. The summed E-state index contributed by atoms with van der Waals surface area (Å²) in [6.07, 6.45) is -4.19. The lowest BCUT2D eigenvalue weighted by atomic mass is 10.0. The smallest absolute Gasteiger partial charge is 0.300 e. The van der Waals surface area contributed by atoms with E-state index < -0.39 is 12.6 Å². The molecule has 0 aliphatic carbocycles. The molecule has 0 radical (unpaired) electrons. The summed E-state index contributed by atoms with van der Waals surface area (Å²) in [4.78, 5) is 11.4. The molecule has 0 atom stereocenters. The van der Waals surface area contributed by atoms with Crippen LogP contribution in [0.5, 0.6) is 0 Å². The number of aryl methyl sites for hydroxylation is 2. The standard InChI is InChI=1S/C14H17F3O/c1-11-4-6-12(7-5-11)8-9-13(18)3-2-10-14(15,16)17/h4-7H,2-3,8-10H2,1H3. The average Bonchev–Trinajstić information content (AvgIpc) is 2.26. The van der Waals surface area contributed by atoms with Gasteiger partial charge in [0.15, 0.2) is 0 Å². The fourth-order valence-electron chi connectivity index (χ4n) is 1.65. The molecule has 1 rings (SSSR count). The maximum absolute atomic E-state index is 11.9. The molecule has 1 aromatic rings. The van der Waals surface area contributed by atoms with Gasteiger partial charge in [-0.1, -0.05) is 29.8 Å². The summed E-state index contributed by atoms with van der Waals surface area (Å²) < 4.78 is 35.7. The molecule has 0 aliphatic heterocycles. The molecule has 0 spiro atoms. The quantitative estimate of drug-likeness (QED) is 0.746. The van der Waals surface area contributed by atoms with Crippen molar-refractivity contribution in [2.24, 2.45) is 0 Å². The third-order valence-electron chi connectivity index (χ3n) is 2.73. The number of rotatable bonds is 6. The van der Waals surface area contributed by atoms with Crippen molar-refractivity contribution in [3.63, 3.8) is 0 Å². The second-order valence-corrected chi connectivity index (χ2v) is 4.49. The minimum atomic E-state index is -4.16. The largest absolute Gasteiger partial charge is 0.389 e. The second kappa shape index (κ2) is 6.57. The monoisotopic (exact) mass is 258 g/mol. The van der Waals surface area contributed by atoms with Gasteiger partial charge in [-0.15, -0.1) is 0 Å². The summed E-state index contributed by atoms with van der Waals surface area (Å²) in [6, 6.07) is 7.81. The van der Waals surface area contributed by atoms with Gasteiger partial charge in [-0.2, -0.15) is 13.2 Å². The molecule has 4 heteroatoms. The zero-order valence-electron chi connectivity index (χ0n) is 10.4. The van der Waals surface area contributed by atoms with E-state index in [1.54, 1.807) is 0 Å². The lowest BCUT2D eigenvalue weighted by molar-refractivity contribution is -0.137. The van der Waals surface area contributed by atoms with Crippen LogP contribution in [0, 0.1) is 6.92 Å². The van der Waals surface area contributed by atoms with Gasteiger partial charge in [0.2, 0.25) is 0 Å². The van der Waals surface area contributed by atoms with Crippen molar-refractivity contribution in [3.05, 3.63) is 35.4 Å². The van der Waals surface area contributed by atoms with E-state index in [0.717, 1.165) is 11.1 Å². The number of carbonyl (C=O) groups is 1. The molecular weight excluding hydrogens is 241 g/mol. The molecule has 0 N–H and O–H groups in total. The SMILES string of the molecule is Cc1ccc(CCC(=O)CCCC(F)(F)F)cc1. The number of ketones is 1. The van der Waals surface area contributed by atoms with E-state index in [9.17, 15) is 18.0 Å². The summed E-state index contributed by atoms with van der Waals surface area (Å²) in [7, 11) is 0. The third-order valence-corrected chi connectivity index (χ3v) is 2.73. The van der Waals surface area contributed by atoms with Crippen LogP contribution in [-0.4, -0.2) is 12.0 Å². The molecule has 1 nitrogen and oxygen atoms in total. The van der Waals surface area contributed by atoms with Crippen LogP contribution >= 0.6 is 0 Å². The fraction of sp³-hybridized carbons (Fsp3) is 0.500. The van der Waals surface area contributed by atoms with Crippen LogP contribution in [-0.2, 0) is 11.2 Å². The van der Waals surface area contributed by atoms with Crippen LogP contribution in [0.15, 0.2) is 24.3 Å². The summed E-state index contributed by atoms with van der Waals surface area (Å²) in [5, 5.41) is 0. The second-order valence-electron chi connectivity index (χ2n) is 4.49. The minimum absolute atomic E-state index is 0.0192. The predicted octanol–water partition coefficient (Wildman–Crippen LogP) is 4.23. The van der Waals surface area contributed by atoms with E-state index in [2.05, 4.69) is 0 Å². The summed E-state index contributed by atoms with van der Waals surface area (Å²) >= 11 is 0. The van der Waals surface area contributed by atoms with Crippen LogP contribution in [0.25, 0.3) is 0 Å². The van der Waals surface area contributed by atoms with E-state index >= 15 is 0 Å². The van der Waals surface area contributed by atoms with Crippen molar-refractivity contribution in [1.82, 2.24) is 0 Å². The Kier molecular flexibility index (Phi) is 5.38. The van der Waals surface area contributed by atoms with Crippen molar-refractivity contribution >= 4 is 5.78 Å². The van der Waals surface area contributed by atoms with Gasteiger partial charge in [0.25, 0.3) is 0 Å². The molecule has 0 aliphatic rings. The van der Waals surface area contributed by atoms with Crippen LogP contribution in [0.1, 0.15) is 36.8 Å². The molecular formula is C14H17F3O. The van der Waals surface area contributed by atoms with Crippen LogP contribution < -0.4 is 0 Å². The number of hydrogen-bond acceptors (Lipinski definition) is 1. The van der Waals surface area contributed by atoms with E-state index in [4.69, 9.17) is 0 Å². The van der Waals surface area contributed by atoms with Crippen LogP contribution in [0.4, 0.5) is 13.2 Å². The normalized spacial score (nSPS) is 11.6. The zero-order chi connectivity index (χ0) is 13.6. The number of Topliss-reactive ketones (excluding diaryl/α,β-unsaturated/α-hetero) is 1. The molecule has 0 unspecified atom stereocenters. The Morgan fingerprint density at radius 1 is 1.11 bits per heavy atom. The summed E-state index contributed by atoms with van der Waals surface area (Å²) in [6.45, 7) is 1.98. The molecule has 100 valence electrons. The van der Waals surface area contributed by atoms with Crippen molar-refractivity contribution in [2.45, 2.75) is 45.2 Å². The highest BCUT2D eigenvalue weighted by Gasteiger charge is 2.26. The van der Waals surface area contributed by atoms with Crippen LogP contribution in [0.3, 0.4) is 0 Å². The van der Waals surface area contributed by atoms with Gasteiger partial charge in [0.1, 0.15) is 5.78 Å². The fourth-order valence-corrected chi connectivity index (χ4v) is 1.65. The number of halogens is 3. The molecule has 0 heterocycles. The Morgan fingerprint density at radius 3 is 2.28 bits per heavy atom. The van der Waals surface area contributed by atoms with Crippen LogP contribution in [0.2, 0.25) is 0 Å². The van der Waals surface area contributed by atoms with Gasteiger partial charge in [0.05, 0.1) is 0 Å². The molecule has 18 heavy (non-hydrogen) atoms. The van der Waals surface area contributed by atoms with Crippen molar-refractivity contribution in [1.29, 1.82) is 0 Å². The molecule has 0 saturated heterocycles. The molecule has 0 bridgehead atoms. The van der Waals surface area contributed by atoms with E-state index in [-0.39, 0.29) is 18.6 Å². The van der Waals surface area contributed by atoms with Gasteiger partial charge >= 0.3 is 6.18 Å². The van der Waals surface area contributed by atoms with Crippen molar-refractivity contribution in [2.75, 3.05) is 0 Å². The molecule has 0 saturated carbocycles. The van der Waals surface area contributed by atoms with Gasteiger partial charge in [-0.3, -0.25) is 4.79 Å². The first-order valence-electron chi connectivity index (χ1n) is 6.01.